The summed E-state index contributed by atoms with van der Waals surface area (Å²) >= 11 is -3.61. The Kier molecular flexibility index (Phi) is 8.82. The van der Waals surface area contributed by atoms with E-state index in [2.05, 4.69) is 152 Å². The first-order valence-corrected chi connectivity index (χ1v) is 32.1. The Bertz CT molecular complexity index is 1790. The molecule has 0 nitrogen and oxygen atoms in total. The number of halogens is 2. The van der Waals surface area contributed by atoms with Crippen molar-refractivity contribution in [2.75, 3.05) is 0 Å². The van der Waals surface area contributed by atoms with Gasteiger partial charge in [-0.2, -0.15) is 0 Å². The van der Waals surface area contributed by atoms with Crippen LogP contribution in [0.4, 0.5) is 0 Å². The van der Waals surface area contributed by atoms with Crippen molar-refractivity contribution in [2.24, 2.45) is 0 Å². The van der Waals surface area contributed by atoms with Crippen LogP contribution in [0, 0.1) is 0 Å². The molecule has 45 heavy (non-hydrogen) atoms. The summed E-state index contributed by atoms with van der Waals surface area (Å²) in [4.78, 5) is 2.64. The van der Waals surface area contributed by atoms with Gasteiger partial charge in [0.1, 0.15) is 0 Å². The molecular formula is C41H46Cl2HfS. The summed E-state index contributed by atoms with van der Waals surface area (Å²) in [7, 11) is 17.6. The van der Waals surface area contributed by atoms with E-state index in [4.69, 9.17) is 17.2 Å². The topological polar surface area (TPSA) is 0 Å². The van der Waals surface area contributed by atoms with Gasteiger partial charge in [-0.1, -0.05) is 0 Å². The number of allylic oxidation sites excluding steroid dienone is 4. The number of thiophene rings is 1. The van der Waals surface area contributed by atoms with Crippen LogP contribution in [0.1, 0.15) is 103 Å². The first-order chi connectivity index (χ1) is 21.2. The summed E-state index contributed by atoms with van der Waals surface area (Å²) in [6.45, 7) is 16.0. The van der Waals surface area contributed by atoms with Gasteiger partial charge >= 0.3 is 285 Å². The second-order valence-corrected chi connectivity index (χ2v) is 45.7. The number of unbranched alkanes of at least 4 members (excludes halogenated alkanes) is 1. The standard InChI is InChI=1S/C21H25.C15H16S.C5H5.2ClH.Hf/c1-20(2,3)16-7-9-18-14(12-16)11-15-13-17(21(4,5)6)8-10-19(15)18;1-2-3-9-14-10-11-15(16-14)12-13-7-5-4-6-8-13;1-2-4-5-3-1;;;/h7-13H,1-6H3;4-8,10-11H,2-3,9H2,1H3;1-5H;2*1H;/q;;;;;+2/p-2. The van der Waals surface area contributed by atoms with E-state index in [0.717, 1.165) is 12.0 Å². The van der Waals surface area contributed by atoms with Crippen molar-refractivity contribution < 1.29 is 15.7 Å². The number of aryl methyl sites for hydroxylation is 1. The van der Waals surface area contributed by atoms with Crippen LogP contribution in [0.3, 0.4) is 0 Å². The molecule has 6 rings (SSSR count). The molecule has 0 unspecified atom stereocenters. The zero-order valence-electron chi connectivity index (χ0n) is 27.8. The van der Waals surface area contributed by atoms with Crippen LogP contribution in [0.25, 0.3) is 11.1 Å². The minimum absolute atomic E-state index is 0.00296. The first-order valence-electron chi connectivity index (χ1n) is 16.5. The second kappa shape index (κ2) is 12.0. The molecule has 3 aromatic carbocycles. The normalized spacial score (nSPS) is 15.5. The van der Waals surface area contributed by atoms with Gasteiger partial charge in [0.15, 0.2) is 0 Å². The maximum absolute atomic E-state index is 8.80. The molecule has 0 saturated carbocycles. The molecule has 0 N–H and O–H groups in total. The molecule has 1 aromatic heterocycles. The zero-order valence-corrected chi connectivity index (χ0v) is 33.7. The second-order valence-electron chi connectivity index (χ2n) is 15.1. The SMILES string of the molecule is CCCCc1ccc([C](c2ccccc2)=[Hf]([Cl])([Cl])([CH]2C=CC=C2)[CH]2c3cc(C(C)(C)C)ccc3-c3ccc(C(C)(C)C)cc32)s1. The van der Waals surface area contributed by atoms with Crippen LogP contribution in [-0.4, -0.2) is 3.26 Å². The van der Waals surface area contributed by atoms with Crippen LogP contribution in [0.15, 0.2) is 103 Å². The van der Waals surface area contributed by atoms with Crippen LogP contribution >= 0.6 is 28.5 Å². The molecule has 0 atom stereocenters. The van der Waals surface area contributed by atoms with Crippen LogP contribution < -0.4 is 0 Å². The third-order valence-corrected chi connectivity index (χ3v) is 39.7. The van der Waals surface area contributed by atoms with Gasteiger partial charge in [-0.25, -0.2) is 0 Å². The molecule has 0 spiro atoms. The predicted molar refractivity (Wildman–Crippen MR) is 197 cm³/mol. The van der Waals surface area contributed by atoms with Gasteiger partial charge in [-0.15, -0.1) is 0 Å². The average Bonchev–Trinajstić information content (AvgIpc) is 3.75. The van der Waals surface area contributed by atoms with Crippen molar-refractivity contribution in [3.63, 3.8) is 0 Å². The Morgan fingerprint density at radius 1 is 0.733 bits per heavy atom. The third-order valence-electron chi connectivity index (χ3n) is 9.86. The average molecular weight is 820 g/mol. The number of benzene rings is 3. The van der Waals surface area contributed by atoms with Crippen molar-refractivity contribution >= 4 is 31.7 Å². The van der Waals surface area contributed by atoms with E-state index >= 15 is 0 Å². The van der Waals surface area contributed by atoms with Crippen LogP contribution in [-0.2, 0) is 32.9 Å². The number of rotatable bonds is 7. The summed E-state index contributed by atoms with van der Waals surface area (Å²) in [5, 5.41) is 0. The van der Waals surface area contributed by atoms with Gasteiger partial charge in [0, 0.05) is 0 Å². The molecule has 1 heterocycles. The molecule has 234 valence electrons. The Morgan fingerprint density at radius 3 is 1.80 bits per heavy atom. The van der Waals surface area contributed by atoms with Gasteiger partial charge < -0.3 is 0 Å². The molecule has 0 amide bonds. The van der Waals surface area contributed by atoms with Crippen molar-refractivity contribution in [3.8, 4) is 11.1 Å². The number of hydrogen-bond acceptors (Lipinski definition) is 1. The van der Waals surface area contributed by atoms with Crippen molar-refractivity contribution in [3.05, 3.63) is 141 Å². The van der Waals surface area contributed by atoms with Gasteiger partial charge in [-0.3, -0.25) is 0 Å². The van der Waals surface area contributed by atoms with E-state index in [9.17, 15) is 0 Å². The fourth-order valence-corrected chi connectivity index (χ4v) is 38.6. The molecular weight excluding hydrogens is 774 g/mol. The molecule has 0 fully saturated rings. The fraction of sp³-hybridized carbons (Fsp3) is 0.341. The minimum atomic E-state index is -5.51. The monoisotopic (exact) mass is 820 g/mol. The Morgan fingerprint density at radius 2 is 1.29 bits per heavy atom. The summed E-state index contributed by atoms with van der Waals surface area (Å²) < 4.78 is 1.06. The first kappa shape index (κ1) is 33.1. The fourth-order valence-electron chi connectivity index (χ4n) is 7.31. The van der Waals surface area contributed by atoms with E-state index in [-0.39, 0.29) is 18.2 Å². The number of hydrogen-bond donors (Lipinski definition) is 0. The molecule has 0 bridgehead atoms. The van der Waals surface area contributed by atoms with E-state index < -0.39 is 15.7 Å². The van der Waals surface area contributed by atoms with Crippen molar-refractivity contribution in [2.45, 2.75) is 85.9 Å². The summed E-state index contributed by atoms with van der Waals surface area (Å²) in [5.41, 5.74) is 8.94. The van der Waals surface area contributed by atoms with Crippen LogP contribution in [0.2, 0.25) is 3.67 Å². The number of fused-ring (bicyclic) bond motifs is 3. The van der Waals surface area contributed by atoms with Gasteiger partial charge in [0.2, 0.25) is 0 Å². The Hall–Kier alpha value is -1.84. The van der Waals surface area contributed by atoms with Gasteiger partial charge in [0.25, 0.3) is 0 Å². The van der Waals surface area contributed by atoms with Gasteiger partial charge in [0.05, 0.1) is 0 Å². The molecule has 0 radical (unpaired) electrons. The molecule has 0 aliphatic heterocycles. The quantitative estimate of drug-likeness (QED) is 0.163. The zero-order chi connectivity index (χ0) is 32.2. The Balaban J connectivity index is 1.79. The third kappa shape index (κ3) is 5.81. The van der Waals surface area contributed by atoms with Gasteiger partial charge in [-0.05, 0) is 0 Å². The molecule has 4 aromatic rings. The predicted octanol–water partition coefficient (Wildman–Crippen LogP) is 12.9. The van der Waals surface area contributed by atoms with Crippen molar-refractivity contribution in [1.29, 1.82) is 0 Å². The maximum atomic E-state index is 8.80. The van der Waals surface area contributed by atoms with E-state index in [1.165, 1.54) is 59.2 Å². The van der Waals surface area contributed by atoms with E-state index in [1.807, 2.05) is 11.3 Å². The summed E-state index contributed by atoms with van der Waals surface area (Å²) in [5.74, 6) is 0. The van der Waals surface area contributed by atoms with E-state index in [1.54, 1.807) is 0 Å². The van der Waals surface area contributed by atoms with Crippen LogP contribution in [0.5, 0.6) is 0 Å². The molecule has 2 aliphatic carbocycles. The molecule has 2 aliphatic rings. The molecule has 0 saturated heterocycles. The van der Waals surface area contributed by atoms with Crippen molar-refractivity contribution in [1.82, 2.24) is 0 Å². The van der Waals surface area contributed by atoms with E-state index in [0.29, 0.717) is 0 Å². The Labute approximate surface area is 283 Å². The summed E-state index contributed by atoms with van der Waals surface area (Å²) in [6.07, 6.45) is 12.3. The molecule has 4 heteroatoms. The summed E-state index contributed by atoms with van der Waals surface area (Å²) in [6, 6.07) is 29.7.